The van der Waals surface area contributed by atoms with E-state index in [0.717, 1.165) is 4.47 Å². The monoisotopic (exact) mass is 347 g/mol. The molecule has 2 aliphatic heterocycles. The van der Waals surface area contributed by atoms with Crippen LogP contribution in [0.5, 0.6) is 0 Å². The first-order valence-corrected chi connectivity index (χ1v) is 7.38. The van der Waals surface area contributed by atoms with Crippen molar-refractivity contribution in [3.05, 3.63) is 33.8 Å². The molecule has 0 saturated carbocycles. The number of nitrogens with one attached hydrogen (secondary N) is 1. The zero-order valence-electron chi connectivity index (χ0n) is 9.94. The molecule has 0 unspecified atom stereocenters. The van der Waals surface area contributed by atoms with Crippen molar-refractivity contribution in [2.45, 2.75) is 0 Å². The zero-order chi connectivity index (χ0) is 14.3. The van der Waals surface area contributed by atoms with E-state index in [1.807, 2.05) is 6.07 Å². The van der Waals surface area contributed by atoms with Crippen molar-refractivity contribution in [2.24, 2.45) is 4.99 Å². The number of aliphatic imine (C=N–C) groups is 1. The molecule has 0 aliphatic carbocycles. The van der Waals surface area contributed by atoms with Gasteiger partial charge in [-0.3, -0.25) is 9.59 Å². The van der Waals surface area contributed by atoms with Gasteiger partial charge in [0.15, 0.2) is 0 Å². The standard InChI is InChI=1S/C13H6BrN3O2S/c14-6-1-2-9-7(3-6)11(12(19)16-9)8(4-15)13-17-10(18)5-20-13/h1-3H,5H2,(H,16,19). The summed E-state index contributed by atoms with van der Waals surface area (Å²) >= 11 is 4.52. The van der Waals surface area contributed by atoms with Crippen molar-refractivity contribution in [2.75, 3.05) is 11.1 Å². The number of fused-ring (bicyclic) bond motifs is 1. The van der Waals surface area contributed by atoms with Crippen LogP contribution in [-0.4, -0.2) is 22.6 Å². The Morgan fingerprint density at radius 1 is 1.45 bits per heavy atom. The van der Waals surface area contributed by atoms with Crippen LogP contribution < -0.4 is 5.32 Å². The van der Waals surface area contributed by atoms with Gasteiger partial charge in [0.2, 0.25) is 0 Å². The molecule has 2 amide bonds. The number of nitriles is 1. The third-order valence-electron chi connectivity index (χ3n) is 2.86. The number of hydrogen-bond donors (Lipinski definition) is 1. The number of carbonyl (C=O) groups excluding carboxylic acids is 2. The molecule has 1 N–H and O–H groups in total. The molecule has 0 radical (unpaired) electrons. The average Bonchev–Trinajstić information content (AvgIpc) is 2.96. The Morgan fingerprint density at radius 2 is 2.25 bits per heavy atom. The Balaban J connectivity index is 2.22. The molecule has 20 heavy (non-hydrogen) atoms. The first-order valence-electron chi connectivity index (χ1n) is 5.60. The largest absolute Gasteiger partial charge is 0.321 e. The van der Waals surface area contributed by atoms with Crippen LogP contribution in [0, 0.1) is 11.3 Å². The highest BCUT2D eigenvalue weighted by Crippen LogP contribution is 2.37. The maximum absolute atomic E-state index is 12.1. The van der Waals surface area contributed by atoms with Gasteiger partial charge in [-0.2, -0.15) is 5.26 Å². The molecule has 98 valence electrons. The maximum atomic E-state index is 12.1. The highest BCUT2D eigenvalue weighted by atomic mass is 79.9. The number of rotatable bonds is 1. The minimum atomic E-state index is -0.350. The van der Waals surface area contributed by atoms with Crippen LogP contribution in [0.1, 0.15) is 5.56 Å². The van der Waals surface area contributed by atoms with E-state index in [1.165, 1.54) is 11.8 Å². The maximum Gasteiger partial charge on any atom is 0.257 e. The lowest BCUT2D eigenvalue weighted by Gasteiger charge is -2.02. The third kappa shape index (κ3) is 2.07. The van der Waals surface area contributed by atoms with Crippen molar-refractivity contribution in [3.63, 3.8) is 0 Å². The molecular weight excluding hydrogens is 342 g/mol. The molecule has 2 heterocycles. The lowest BCUT2D eigenvalue weighted by molar-refractivity contribution is -0.115. The van der Waals surface area contributed by atoms with E-state index >= 15 is 0 Å². The number of carbonyl (C=O) groups is 2. The lowest BCUT2D eigenvalue weighted by atomic mass is 10.0. The van der Waals surface area contributed by atoms with Crippen LogP contribution in [0.3, 0.4) is 0 Å². The Labute approximate surface area is 126 Å². The van der Waals surface area contributed by atoms with Crippen molar-refractivity contribution < 1.29 is 9.59 Å². The molecule has 3 rings (SSSR count). The van der Waals surface area contributed by atoms with Crippen LogP contribution >= 0.6 is 27.7 Å². The molecule has 5 nitrogen and oxygen atoms in total. The van der Waals surface area contributed by atoms with E-state index in [4.69, 9.17) is 0 Å². The van der Waals surface area contributed by atoms with Gasteiger partial charge in [-0.05, 0) is 18.2 Å². The summed E-state index contributed by atoms with van der Waals surface area (Å²) in [5.41, 5.74) is 1.71. The van der Waals surface area contributed by atoms with Gasteiger partial charge < -0.3 is 5.32 Å². The van der Waals surface area contributed by atoms with Crippen LogP contribution in [0.15, 0.2) is 33.2 Å². The van der Waals surface area contributed by atoms with Crippen LogP contribution in [0.4, 0.5) is 5.69 Å². The zero-order valence-corrected chi connectivity index (χ0v) is 12.3. The normalized spacial score (nSPS) is 19.3. The molecule has 1 aromatic carbocycles. The topological polar surface area (TPSA) is 82.3 Å². The summed E-state index contributed by atoms with van der Waals surface area (Å²) in [6.07, 6.45) is 0. The predicted molar refractivity (Wildman–Crippen MR) is 80.2 cm³/mol. The van der Waals surface area contributed by atoms with Crippen molar-refractivity contribution in [1.82, 2.24) is 0 Å². The predicted octanol–water partition coefficient (Wildman–Crippen LogP) is 2.35. The fourth-order valence-electron chi connectivity index (χ4n) is 2.03. The highest BCUT2D eigenvalue weighted by molar-refractivity contribution is 9.10. The summed E-state index contributed by atoms with van der Waals surface area (Å²) in [6.45, 7) is 0. The Morgan fingerprint density at radius 3 is 2.90 bits per heavy atom. The summed E-state index contributed by atoms with van der Waals surface area (Å²) in [6, 6.07) is 7.33. The van der Waals surface area contributed by atoms with Crippen molar-refractivity contribution in [3.8, 4) is 6.07 Å². The molecule has 0 aromatic heterocycles. The van der Waals surface area contributed by atoms with Crippen molar-refractivity contribution in [1.29, 1.82) is 5.26 Å². The molecule has 0 bridgehead atoms. The Bertz CT molecular complexity index is 761. The number of hydrogen-bond acceptors (Lipinski definition) is 4. The first kappa shape index (κ1) is 13.1. The van der Waals surface area contributed by atoms with E-state index in [1.54, 1.807) is 18.2 Å². The Hall–Kier alpha value is -1.91. The van der Waals surface area contributed by atoms with E-state index < -0.39 is 0 Å². The fourth-order valence-corrected chi connectivity index (χ4v) is 3.18. The number of anilines is 1. The number of benzene rings is 1. The summed E-state index contributed by atoms with van der Waals surface area (Å²) in [4.78, 5) is 27.1. The Kier molecular flexibility index (Phi) is 3.20. The minimum absolute atomic E-state index is 0.148. The molecule has 0 fully saturated rings. The molecular formula is C13H6BrN3O2S. The van der Waals surface area contributed by atoms with Gasteiger partial charge in [-0.1, -0.05) is 27.7 Å². The smallest absolute Gasteiger partial charge is 0.257 e. The van der Waals surface area contributed by atoms with Gasteiger partial charge in [0.25, 0.3) is 11.8 Å². The molecule has 2 aliphatic rings. The second-order valence-corrected chi connectivity index (χ2v) is 5.98. The molecule has 1 aromatic rings. The lowest BCUT2D eigenvalue weighted by Crippen LogP contribution is -2.08. The first-order chi connectivity index (χ1) is 9.60. The minimum Gasteiger partial charge on any atom is -0.321 e. The van der Waals surface area contributed by atoms with Gasteiger partial charge >= 0.3 is 0 Å². The average molecular weight is 348 g/mol. The van der Waals surface area contributed by atoms with Gasteiger partial charge in [0.1, 0.15) is 11.1 Å². The second-order valence-electron chi connectivity index (χ2n) is 4.11. The number of nitrogens with zero attached hydrogens (tertiary/aromatic N) is 2. The molecule has 7 heteroatoms. The third-order valence-corrected chi connectivity index (χ3v) is 4.31. The van der Waals surface area contributed by atoms with E-state index in [2.05, 4.69) is 26.2 Å². The highest BCUT2D eigenvalue weighted by Gasteiger charge is 2.31. The summed E-state index contributed by atoms with van der Waals surface area (Å²) in [7, 11) is 0. The van der Waals surface area contributed by atoms with E-state index in [-0.39, 0.29) is 28.7 Å². The fraction of sp³-hybridized carbons (Fsp3) is 0.0769. The van der Waals surface area contributed by atoms with Gasteiger partial charge in [-0.25, -0.2) is 4.99 Å². The van der Waals surface area contributed by atoms with Crippen LogP contribution in [0.25, 0.3) is 5.57 Å². The number of amides is 2. The summed E-state index contributed by atoms with van der Waals surface area (Å²) < 4.78 is 0.805. The van der Waals surface area contributed by atoms with Gasteiger partial charge in [0, 0.05) is 15.7 Å². The summed E-state index contributed by atoms with van der Waals surface area (Å²) in [5.74, 6) is -0.427. The van der Waals surface area contributed by atoms with Gasteiger partial charge in [0.05, 0.1) is 16.9 Å². The van der Waals surface area contributed by atoms with Crippen molar-refractivity contribution >= 4 is 55.8 Å². The number of thioether (sulfide) groups is 1. The summed E-state index contributed by atoms with van der Waals surface area (Å²) in [5, 5.41) is 12.4. The van der Waals surface area contributed by atoms with Crippen LogP contribution in [0.2, 0.25) is 0 Å². The SMILES string of the molecule is N#CC(C1=NC(=O)CS1)=C1C(=O)Nc2ccc(Br)cc21. The second kappa shape index (κ2) is 4.89. The van der Waals surface area contributed by atoms with E-state index in [0.29, 0.717) is 16.3 Å². The van der Waals surface area contributed by atoms with E-state index in [9.17, 15) is 14.9 Å². The van der Waals surface area contributed by atoms with Gasteiger partial charge in [-0.15, -0.1) is 0 Å². The molecule has 0 atom stereocenters. The molecule has 0 spiro atoms. The van der Waals surface area contributed by atoms with Crippen LogP contribution in [-0.2, 0) is 9.59 Å². The quantitative estimate of drug-likeness (QED) is 0.624. The molecule has 0 saturated heterocycles. The number of halogens is 1.